The SMILES string of the molecule is C=CC(F)(F)c1cc(N(C(N)=O)/C(=C\CC)c2cc(-c3cnc4[nH]ccc4c3)ccn2)ccc1N1CCN(Cc2cccnc2)CC1. The highest BCUT2D eigenvalue weighted by molar-refractivity contribution is 6.04. The number of carbonyl (C=O) groups is 1. The van der Waals surface area contributed by atoms with Crippen LogP contribution < -0.4 is 15.5 Å². The number of nitrogens with zero attached hydrogens (tertiary/aromatic N) is 6. The fourth-order valence-electron chi connectivity index (χ4n) is 5.95. The third-order valence-electron chi connectivity index (χ3n) is 8.31. The number of urea groups is 1. The Kier molecular flexibility index (Phi) is 9.08. The zero-order valence-corrected chi connectivity index (χ0v) is 26.1. The summed E-state index contributed by atoms with van der Waals surface area (Å²) in [7, 11) is 0. The molecule has 5 aromatic rings. The molecule has 5 heterocycles. The van der Waals surface area contributed by atoms with Gasteiger partial charge in [-0.1, -0.05) is 25.6 Å². The second-order valence-corrected chi connectivity index (χ2v) is 11.4. The number of benzene rings is 1. The Hall–Kier alpha value is -5.42. The minimum atomic E-state index is -3.36. The van der Waals surface area contributed by atoms with Gasteiger partial charge in [-0.05, 0) is 72.2 Å². The molecule has 1 aliphatic heterocycles. The number of nitrogens with one attached hydrogen (secondary N) is 1. The molecule has 0 unspecified atom stereocenters. The number of hydrogen-bond acceptors (Lipinski definition) is 6. The Morgan fingerprint density at radius 3 is 2.60 bits per heavy atom. The molecule has 1 saturated heterocycles. The second kappa shape index (κ2) is 13.5. The summed E-state index contributed by atoms with van der Waals surface area (Å²) < 4.78 is 31.2. The van der Waals surface area contributed by atoms with Gasteiger partial charge in [-0.15, -0.1) is 0 Å². The average molecular weight is 635 g/mol. The van der Waals surface area contributed by atoms with Crippen molar-refractivity contribution in [3.05, 3.63) is 121 Å². The molecule has 6 rings (SSSR count). The summed E-state index contributed by atoms with van der Waals surface area (Å²) in [5, 5.41) is 0.953. The van der Waals surface area contributed by atoms with E-state index in [1.807, 2.05) is 66.7 Å². The van der Waals surface area contributed by atoms with Gasteiger partial charge in [-0.3, -0.25) is 19.8 Å². The van der Waals surface area contributed by atoms with Crippen molar-refractivity contribution in [3.63, 3.8) is 0 Å². The number of hydrogen-bond donors (Lipinski definition) is 2. The van der Waals surface area contributed by atoms with E-state index in [-0.39, 0.29) is 11.3 Å². The van der Waals surface area contributed by atoms with Crippen LogP contribution in [0.4, 0.5) is 25.0 Å². The predicted molar refractivity (Wildman–Crippen MR) is 182 cm³/mol. The molecule has 1 aromatic carbocycles. The lowest BCUT2D eigenvalue weighted by atomic mass is 10.0. The van der Waals surface area contributed by atoms with Crippen LogP contribution in [0.1, 0.15) is 30.2 Å². The van der Waals surface area contributed by atoms with E-state index in [0.29, 0.717) is 55.8 Å². The minimum Gasteiger partial charge on any atom is -0.369 e. The number of carbonyl (C=O) groups excluding carboxylic acids is 1. The number of pyridine rings is 3. The fraction of sp³-hybridized carbons (Fsp3) is 0.222. The molecule has 1 fully saturated rings. The van der Waals surface area contributed by atoms with Crippen LogP contribution in [-0.4, -0.2) is 57.0 Å². The summed E-state index contributed by atoms with van der Waals surface area (Å²) in [6.07, 6.45) is 11.8. The maximum atomic E-state index is 15.6. The van der Waals surface area contributed by atoms with E-state index >= 15 is 8.78 Å². The Morgan fingerprint density at radius 1 is 1.04 bits per heavy atom. The van der Waals surface area contributed by atoms with Crippen LogP contribution in [0.15, 0.2) is 104 Å². The van der Waals surface area contributed by atoms with Crippen LogP contribution in [0.25, 0.3) is 27.9 Å². The lowest BCUT2D eigenvalue weighted by Crippen LogP contribution is -2.46. The van der Waals surface area contributed by atoms with Crippen molar-refractivity contribution in [2.24, 2.45) is 5.73 Å². The van der Waals surface area contributed by atoms with Crippen LogP contribution in [0.2, 0.25) is 0 Å². The molecular formula is C36H36F2N8O. The second-order valence-electron chi connectivity index (χ2n) is 11.4. The maximum absolute atomic E-state index is 15.6. The number of amides is 2. The number of piperazine rings is 1. The van der Waals surface area contributed by atoms with E-state index in [0.717, 1.165) is 34.3 Å². The number of alkyl halides is 2. The van der Waals surface area contributed by atoms with E-state index in [1.54, 1.807) is 30.7 Å². The van der Waals surface area contributed by atoms with Crippen molar-refractivity contribution in [1.29, 1.82) is 0 Å². The van der Waals surface area contributed by atoms with Gasteiger partial charge in [0.2, 0.25) is 0 Å². The lowest BCUT2D eigenvalue weighted by Gasteiger charge is -2.38. The Morgan fingerprint density at radius 2 is 1.87 bits per heavy atom. The van der Waals surface area contributed by atoms with E-state index in [1.165, 1.54) is 11.0 Å². The first-order valence-electron chi connectivity index (χ1n) is 15.5. The van der Waals surface area contributed by atoms with Gasteiger partial charge < -0.3 is 15.6 Å². The zero-order valence-electron chi connectivity index (χ0n) is 26.1. The fourth-order valence-corrected chi connectivity index (χ4v) is 5.95. The first kappa shape index (κ1) is 31.6. The summed E-state index contributed by atoms with van der Waals surface area (Å²) in [4.78, 5) is 34.9. The lowest BCUT2D eigenvalue weighted by molar-refractivity contribution is 0.0529. The summed E-state index contributed by atoms with van der Waals surface area (Å²) in [6.45, 7) is 8.57. The van der Waals surface area contributed by atoms with Gasteiger partial charge >= 0.3 is 6.03 Å². The monoisotopic (exact) mass is 634 g/mol. The highest BCUT2D eigenvalue weighted by atomic mass is 19.3. The van der Waals surface area contributed by atoms with Gasteiger partial charge in [0.05, 0.1) is 22.6 Å². The number of primary amides is 1. The quantitative estimate of drug-likeness (QED) is 0.161. The molecule has 3 N–H and O–H groups in total. The van der Waals surface area contributed by atoms with Crippen molar-refractivity contribution >= 4 is 34.1 Å². The van der Waals surface area contributed by atoms with Gasteiger partial charge in [0.15, 0.2) is 0 Å². The van der Waals surface area contributed by atoms with Gasteiger partial charge in [0, 0.05) is 80.3 Å². The number of anilines is 2. The summed E-state index contributed by atoms with van der Waals surface area (Å²) >= 11 is 0. The molecule has 240 valence electrons. The summed E-state index contributed by atoms with van der Waals surface area (Å²) in [5.74, 6) is -3.36. The summed E-state index contributed by atoms with van der Waals surface area (Å²) in [6, 6.07) is 15.4. The highest BCUT2D eigenvalue weighted by Gasteiger charge is 2.34. The molecule has 0 spiro atoms. The van der Waals surface area contributed by atoms with Gasteiger partial charge in [0.1, 0.15) is 5.65 Å². The third-order valence-corrected chi connectivity index (χ3v) is 8.31. The molecule has 9 nitrogen and oxygen atoms in total. The Bertz CT molecular complexity index is 1920. The topological polar surface area (TPSA) is 107 Å². The Labute approximate surface area is 272 Å². The van der Waals surface area contributed by atoms with Crippen molar-refractivity contribution in [3.8, 4) is 11.1 Å². The molecule has 47 heavy (non-hydrogen) atoms. The van der Waals surface area contributed by atoms with Gasteiger partial charge in [0.25, 0.3) is 5.92 Å². The smallest absolute Gasteiger partial charge is 0.323 e. The number of allylic oxidation sites excluding steroid dienone is 2. The van der Waals surface area contributed by atoms with Gasteiger partial charge in [-0.25, -0.2) is 9.78 Å². The number of H-pyrrole nitrogens is 1. The number of halogens is 2. The van der Waals surface area contributed by atoms with Crippen LogP contribution in [0.5, 0.6) is 0 Å². The number of aromatic nitrogens is 4. The molecule has 0 atom stereocenters. The number of aromatic amines is 1. The van der Waals surface area contributed by atoms with Crippen LogP contribution in [0, 0.1) is 0 Å². The molecule has 0 bridgehead atoms. The van der Waals surface area contributed by atoms with Crippen molar-refractivity contribution < 1.29 is 13.6 Å². The first-order valence-corrected chi connectivity index (χ1v) is 15.5. The summed E-state index contributed by atoms with van der Waals surface area (Å²) in [5.41, 5.74) is 10.7. The molecule has 2 amide bonds. The number of rotatable bonds is 10. The molecule has 0 radical (unpaired) electrons. The largest absolute Gasteiger partial charge is 0.369 e. The van der Waals surface area contributed by atoms with Crippen molar-refractivity contribution in [2.45, 2.75) is 25.8 Å². The van der Waals surface area contributed by atoms with E-state index in [4.69, 9.17) is 5.73 Å². The van der Waals surface area contributed by atoms with Crippen LogP contribution in [-0.2, 0) is 12.5 Å². The standard InChI is InChI=1S/C36H36F2N8O/c1-3-6-33(31-20-26(10-13-41-31)28-19-27-11-14-42-34(27)43-23-28)46(35(39)47)29-8-9-32(30(21-29)36(37,38)4-2)45-17-15-44(16-18-45)24-25-7-5-12-40-22-25/h4-14,19-23H,2-3,15-18,24H2,1H3,(H2,39,47)(H,42,43)/b33-6-. The van der Waals surface area contributed by atoms with E-state index in [9.17, 15) is 4.79 Å². The predicted octanol–water partition coefficient (Wildman–Crippen LogP) is 6.96. The molecule has 0 saturated carbocycles. The van der Waals surface area contributed by atoms with Crippen LogP contribution >= 0.6 is 0 Å². The van der Waals surface area contributed by atoms with Gasteiger partial charge in [-0.2, -0.15) is 8.78 Å². The molecular weight excluding hydrogens is 598 g/mol. The van der Waals surface area contributed by atoms with E-state index in [2.05, 4.69) is 31.4 Å². The first-order chi connectivity index (χ1) is 22.8. The highest BCUT2D eigenvalue weighted by Crippen LogP contribution is 2.40. The third kappa shape index (κ3) is 6.75. The molecule has 4 aromatic heterocycles. The average Bonchev–Trinajstić information content (AvgIpc) is 3.57. The number of fused-ring (bicyclic) bond motifs is 1. The van der Waals surface area contributed by atoms with Crippen LogP contribution in [0.3, 0.4) is 0 Å². The Balaban J connectivity index is 1.32. The van der Waals surface area contributed by atoms with E-state index < -0.39 is 12.0 Å². The molecule has 1 aliphatic rings. The number of nitrogens with two attached hydrogens (primary N) is 1. The zero-order chi connectivity index (χ0) is 33.0. The normalized spacial score (nSPS) is 14.4. The molecule has 11 heteroatoms. The minimum absolute atomic E-state index is 0.204. The molecule has 0 aliphatic carbocycles. The van der Waals surface area contributed by atoms with Crippen molar-refractivity contribution in [2.75, 3.05) is 36.0 Å². The maximum Gasteiger partial charge on any atom is 0.323 e. The van der Waals surface area contributed by atoms with Crippen molar-refractivity contribution in [1.82, 2.24) is 24.8 Å².